The van der Waals surface area contributed by atoms with Gasteiger partial charge in [-0.1, -0.05) is 6.92 Å². The van der Waals surface area contributed by atoms with Gasteiger partial charge in [-0.2, -0.15) is 0 Å². The molecule has 0 amide bonds. The van der Waals surface area contributed by atoms with Crippen molar-refractivity contribution in [3.63, 3.8) is 0 Å². The molecule has 2 heteroatoms. The Morgan fingerprint density at radius 1 is 1.71 bits per heavy atom. The van der Waals surface area contributed by atoms with E-state index in [0.717, 1.165) is 19.5 Å². The van der Waals surface area contributed by atoms with Gasteiger partial charge in [0.2, 0.25) is 0 Å². The van der Waals surface area contributed by atoms with Gasteiger partial charge < -0.3 is 5.11 Å². The summed E-state index contributed by atoms with van der Waals surface area (Å²) in [7, 11) is 0. The van der Waals surface area contributed by atoms with E-state index in [2.05, 4.69) is 0 Å². The monoisotopic (exact) mass is 101 g/mol. The molecule has 0 aromatic carbocycles. The van der Waals surface area contributed by atoms with Crippen molar-refractivity contribution in [3.05, 3.63) is 0 Å². The van der Waals surface area contributed by atoms with Crippen molar-refractivity contribution >= 4 is 0 Å². The van der Waals surface area contributed by atoms with E-state index >= 15 is 0 Å². The molecule has 0 spiro atoms. The second kappa shape index (κ2) is 1.80. The Kier molecular flexibility index (Phi) is 1.30. The lowest BCUT2D eigenvalue weighted by Crippen LogP contribution is -2.15. The first-order valence-electron chi connectivity index (χ1n) is 2.76. The van der Waals surface area contributed by atoms with Gasteiger partial charge in [0.1, 0.15) is 6.23 Å². The van der Waals surface area contributed by atoms with E-state index in [0.29, 0.717) is 0 Å². The lowest BCUT2D eigenvalue weighted by molar-refractivity contribution is 0.0772. The van der Waals surface area contributed by atoms with Crippen LogP contribution >= 0.6 is 0 Å². The minimum atomic E-state index is -0.153. The lowest BCUT2D eigenvalue weighted by Gasteiger charge is -2.04. The summed E-state index contributed by atoms with van der Waals surface area (Å²) >= 11 is 0. The van der Waals surface area contributed by atoms with Crippen LogP contribution in [0.2, 0.25) is 0 Å². The van der Waals surface area contributed by atoms with Gasteiger partial charge in [-0.05, 0) is 6.42 Å². The van der Waals surface area contributed by atoms with Crippen molar-refractivity contribution in [2.24, 2.45) is 0 Å². The Morgan fingerprint density at radius 2 is 2.29 bits per heavy atom. The average molecular weight is 101 g/mol. The summed E-state index contributed by atoms with van der Waals surface area (Å²) in [6.07, 6.45) is 0.708. The summed E-state index contributed by atoms with van der Waals surface area (Å²) in [6.45, 7) is 4.17. The molecule has 1 N–H and O–H groups in total. The van der Waals surface area contributed by atoms with E-state index in [1.807, 2.05) is 11.8 Å². The van der Waals surface area contributed by atoms with Crippen molar-refractivity contribution in [1.29, 1.82) is 0 Å². The van der Waals surface area contributed by atoms with Gasteiger partial charge in [0.25, 0.3) is 0 Å². The minimum Gasteiger partial charge on any atom is -0.378 e. The molecule has 1 atom stereocenters. The van der Waals surface area contributed by atoms with Crippen LogP contribution in [0.25, 0.3) is 0 Å². The number of hydrogen-bond acceptors (Lipinski definition) is 2. The Balaban J connectivity index is 2.10. The first-order valence-corrected chi connectivity index (χ1v) is 2.76. The van der Waals surface area contributed by atoms with Gasteiger partial charge in [0, 0.05) is 13.1 Å². The first-order chi connectivity index (χ1) is 3.34. The van der Waals surface area contributed by atoms with Crippen LogP contribution in [-0.2, 0) is 0 Å². The molecule has 0 bridgehead atoms. The van der Waals surface area contributed by atoms with Gasteiger partial charge in [-0.3, -0.25) is 4.90 Å². The van der Waals surface area contributed by atoms with Crippen LogP contribution in [0.4, 0.5) is 0 Å². The summed E-state index contributed by atoms with van der Waals surface area (Å²) < 4.78 is 0. The Morgan fingerprint density at radius 3 is 2.43 bits per heavy atom. The number of rotatable bonds is 2. The maximum absolute atomic E-state index is 8.92. The first kappa shape index (κ1) is 5.06. The van der Waals surface area contributed by atoms with Crippen molar-refractivity contribution < 1.29 is 5.11 Å². The van der Waals surface area contributed by atoms with Gasteiger partial charge in [-0.25, -0.2) is 0 Å². The fourth-order valence-electron chi connectivity index (χ4n) is 0.614. The van der Waals surface area contributed by atoms with Gasteiger partial charge in [-0.15, -0.1) is 0 Å². The molecular formula is C5H11NO. The molecule has 0 radical (unpaired) electrons. The van der Waals surface area contributed by atoms with Crippen LogP contribution in [0, 0.1) is 0 Å². The Bertz CT molecular complexity index is 61.1. The molecule has 0 saturated carbocycles. The normalized spacial score (nSPS) is 24.9. The molecule has 2 nitrogen and oxygen atoms in total. The third-order valence-electron chi connectivity index (χ3n) is 1.27. The van der Waals surface area contributed by atoms with E-state index in [9.17, 15) is 0 Å². The van der Waals surface area contributed by atoms with Crippen LogP contribution in [0.5, 0.6) is 0 Å². The van der Waals surface area contributed by atoms with Crippen molar-refractivity contribution in [2.75, 3.05) is 13.1 Å². The lowest BCUT2D eigenvalue weighted by atomic mass is 10.4. The van der Waals surface area contributed by atoms with Gasteiger partial charge in [0.05, 0.1) is 0 Å². The summed E-state index contributed by atoms with van der Waals surface area (Å²) in [6, 6.07) is 0. The predicted molar refractivity (Wildman–Crippen MR) is 27.9 cm³/mol. The molecular weight excluding hydrogens is 90.1 g/mol. The van der Waals surface area contributed by atoms with Crippen molar-refractivity contribution in [1.82, 2.24) is 4.90 Å². The third-order valence-corrected chi connectivity index (χ3v) is 1.27. The summed E-state index contributed by atoms with van der Waals surface area (Å²) in [5.41, 5.74) is 0. The maximum atomic E-state index is 8.92. The van der Waals surface area contributed by atoms with Crippen molar-refractivity contribution in [2.45, 2.75) is 19.6 Å². The topological polar surface area (TPSA) is 23.2 Å². The largest absolute Gasteiger partial charge is 0.378 e. The van der Waals surface area contributed by atoms with Crippen LogP contribution in [0.3, 0.4) is 0 Å². The highest BCUT2D eigenvalue weighted by molar-refractivity contribution is 4.73. The van der Waals surface area contributed by atoms with Crippen molar-refractivity contribution in [3.8, 4) is 0 Å². The predicted octanol–water partition coefficient (Wildman–Crippen LogP) is 0.0304. The number of nitrogens with zero attached hydrogens (tertiary/aromatic N) is 1. The smallest absolute Gasteiger partial charge is 0.107 e. The van der Waals surface area contributed by atoms with Crippen LogP contribution in [-0.4, -0.2) is 29.3 Å². The molecule has 0 aliphatic carbocycles. The Hall–Kier alpha value is -0.0800. The molecule has 1 rings (SSSR count). The summed E-state index contributed by atoms with van der Waals surface area (Å²) in [4.78, 5) is 2.03. The molecule has 42 valence electrons. The molecule has 1 aliphatic rings. The molecule has 0 aromatic heterocycles. The fourth-order valence-corrected chi connectivity index (χ4v) is 0.614. The number of aliphatic hydroxyl groups excluding tert-OH is 1. The number of aliphatic hydroxyl groups is 1. The van der Waals surface area contributed by atoms with Crippen LogP contribution in [0.1, 0.15) is 13.3 Å². The quantitative estimate of drug-likeness (QED) is 0.496. The number of hydrogen-bond donors (Lipinski definition) is 1. The molecule has 1 aliphatic heterocycles. The molecule has 1 heterocycles. The highest BCUT2D eigenvalue weighted by atomic mass is 16.3. The molecule has 0 aromatic rings. The van der Waals surface area contributed by atoms with E-state index in [1.54, 1.807) is 0 Å². The molecule has 1 saturated heterocycles. The Labute approximate surface area is 43.7 Å². The second-order valence-electron chi connectivity index (χ2n) is 1.92. The SMILES string of the molecule is CCC(O)N1CC1. The highest BCUT2D eigenvalue weighted by Crippen LogP contribution is 2.09. The van der Waals surface area contributed by atoms with E-state index in [4.69, 9.17) is 5.11 Å². The second-order valence-corrected chi connectivity index (χ2v) is 1.92. The van der Waals surface area contributed by atoms with Crippen LogP contribution in [0.15, 0.2) is 0 Å². The minimum absolute atomic E-state index is 0.153. The van der Waals surface area contributed by atoms with E-state index in [-0.39, 0.29) is 6.23 Å². The van der Waals surface area contributed by atoms with Gasteiger partial charge in [0.15, 0.2) is 0 Å². The molecule has 7 heavy (non-hydrogen) atoms. The highest BCUT2D eigenvalue weighted by Gasteiger charge is 2.23. The van der Waals surface area contributed by atoms with Crippen LogP contribution < -0.4 is 0 Å². The fraction of sp³-hybridized carbons (Fsp3) is 1.00. The summed E-state index contributed by atoms with van der Waals surface area (Å²) in [5.74, 6) is 0. The standard InChI is InChI=1S/C5H11NO/c1-2-5(7)6-3-4-6/h5,7H,2-4H2,1H3. The zero-order valence-electron chi connectivity index (χ0n) is 4.59. The van der Waals surface area contributed by atoms with E-state index in [1.165, 1.54) is 0 Å². The van der Waals surface area contributed by atoms with Gasteiger partial charge >= 0.3 is 0 Å². The average Bonchev–Trinajstić information content (AvgIpc) is 2.44. The molecule has 1 fully saturated rings. The van der Waals surface area contributed by atoms with E-state index < -0.39 is 0 Å². The third kappa shape index (κ3) is 1.14. The molecule has 1 unspecified atom stereocenters. The zero-order valence-corrected chi connectivity index (χ0v) is 4.59. The summed E-state index contributed by atoms with van der Waals surface area (Å²) in [5, 5.41) is 8.92. The maximum Gasteiger partial charge on any atom is 0.107 e. The zero-order chi connectivity index (χ0) is 5.28.